The second-order valence-electron chi connectivity index (χ2n) is 7.56. The summed E-state index contributed by atoms with van der Waals surface area (Å²) < 4.78 is 34.1. The van der Waals surface area contributed by atoms with E-state index in [1.807, 2.05) is 0 Å². The summed E-state index contributed by atoms with van der Waals surface area (Å²) >= 11 is 0.683. The molecule has 0 aliphatic heterocycles. The lowest BCUT2D eigenvalue weighted by Crippen LogP contribution is -2.24. The minimum absolute atomic E-state index is 0.0237. The number of aliphatic carboxylic acids is 1. The monoisotopic (exact) mass is 563 g/mol. The summed E-state index contributed by atoms with van der Waals surface area (Å²) in [5.74, 6) is -3.21. The van der Waals surface area contributed by atoms with Crippen LogP contribution in [-0.4, -0.2) is 45.0 Å². The van der Waals surface area contributed by atoms with Crippen molar-refractivity contribution in [2.45, 2.75) is 6.04 Å². The molecular formula is C23H24F2N7O4PS. The summed E-state index contributed by atoms with van der Waals surface area (Å²) in [6, 6.07) is 7.95. The Morgan fingerprint density at radius 2 is 2.05 bits per heavy atom. The number of benzene rings is 2. The SMILES string of the molecule is C=CS/C(C(=O)O)=C(\N)n1nc(C(Nc2ccc(C(=N)N)cc2)c2cc(P)cc(OCCF)c2F)[nH]c1=O. The van der Waals surface area contributed by atoms with Crippen LogP contribution in [-0.2, 0) is 4.79 Å². The number of nitrogens with zero attached hydrogens (tertiary/aromatic N) is 2. The Morgan fingerprint density at radius 1 is 1.37 bits per heavy atom. The molecule has 2 aromatic carbocycles. The van der Waals surface area contributed by atoms with Gasteiger partial charge in [-0.05, 0) is 47.1 Å². The molecule has 3 aromatic rings. The third kappa shape index (κ3) is 6.39. The molecule has 0 fully saturated rings. The molecule has 8 N–H and O–H groups in total. The number of H-pyrrole nitrogens is 1. The molecule has 15 heteroatoms. The summed E-state index contributed by atoms with van der Waals surface area (Å²) in [6.07, 6.45) is 0. The molecule has 2 atom stereocenters. The van der Waals surface area contributed by atoms with E-state index in [9.17, 15) is 19.1 Å². The topological polar surface area (TPSA) is 185 Å². The first-order valence-electron chi connectivity index (χ1n) is 10.8. The summed E-state index contributed by atoms with van der Waals surface area (Å²) in [5.41, 5.74) is 11.4. The molecule has 0 spiro atoms. The van der Waals surface area contributed by atoms with Crippen LogP contribution in [0.3, 0.4) is 0 Å². The van der Waals surface area contributed by atoms with Crippen molar-refractivity contribution in [1.82, 2.24) is 14.8 Å². The van der Waals surface area contributed by atoms with Gasteiger partial charge in [0.25, 0.3) is 0 Å². The van der Waals surface area contributed by atoms with E-state index in [0.717, 1.165) is 0 Å². The largest absolute Gasteiger partial charge is 0.488 e. The lowest BCUT2D eigenvalue weighted by molar-refractivity contribution is -0.131. The number of aromatic amines is 1. The van der Waals surface area contributed by atoms with Crippen LogP contribution in [0.5, 0.6) is 5.75 Å². The van der Waals surface area contributed by atoms with E-state index in [1.165, 1.54) is 17.5 Å². The highest BCUT2D eigenvalue weighted by molar-refractivity contribution is 8.06. The number of aromatic nitrogens is 3. The molecule has 0 bridgehead atoms. The van der Waals surface area contributed by atoms with Crippen LogP contribution in [0.25, 0.3) is 5.82 Å². The molecule has 0 radical (unpaired) electrons. The van der Waals surface area contributed by atoms with Gasteiger partial charge in [-0.1, -0.05) is 18.3 Å². The van der Waals surface area contributed by atoms with Gasteiger partial charge in [0.15, 0.2) is 23.2 Å². The van der Waals surface area contributed by atoms with Crippen molar-refractivity contribution < 1.29 is 23.4 Å². The Labute approximate surface area is 221 Å². The van der Waals surface area contributed by atoms with Gasteiger partial charge in [-0.25, -0.2) is 18.4 Å². The Bertz CT molecular complexity index is 1460. The Morgan fingerprint density at radius 3 is 2.63 bits per heavy atom. The number of thioether (sulfide) groups is 1. The number of nitrogens with two attached hydrogens (primary N) is 2. The van der Waals surface area contributed by atoms with Crippen molar-refractivity contribution in [3.05, 3.63) is 86.5 Å². The normalized spacial score (nSPS) is 12.4. The van der Waals surface area contributed by atoms with Crippen LogP contribution in [0.1, 0.15) is 23.0 Å². The number of rotatable bonds is 12. The summed E-state index contributed by atoms with van der Waals surface area (Å²) in [5, 5.41) is 25.9. The number of hydrogen-bond donors (Lipinski definition) is 6. The molecule has 1 aromatic heterocycles. The van der Waals surface area contributed by atoms with Gasteiger partial charge in [0.1, 0.15) is 30.1 Å². The maximum atomic E-state index is 15.6. The molecule has 11 nitrogen and oxygen atoms in total. The van der Waals surface area contributed by atoms with E-state index in [1.54, 1.807) is 24.3 Å². The predicted molar refractivity (Wildman–Crippen MR) is 146 cm³/mol. The summed E-state index contributed by atoms with van der Waals surface area (Å²) in [6.45, 7) is 2.24. The van der Waals surface area contributed by atoms with Gasteiger partial charge in [0, 0.05) is 16.8 Å². The van der Waals surface area contributed by atoms with Crippen LogP contribution in [0.2, 0.25) is 0 Å². The zero-order chi connectivity index (χ0) is 28.0. The highest BCUT2D eigenvalue weighted by atomic mass is 32.2. The average molecular weight is 564 g/mol. The fourth-order valence-corrected chi connectivity index (χ4v) is 4.15. The maximum Gasteiger partial charge on any atom is 0.349 e. The zero-order valence-corrected chi connectivity index (χ0v) is 21.7. The number of halogens is 2. The van der Waals surface area contributed by atoms with E-state index >= 15 is 4.39 Å². The van der Waals surface area contributed by atoms with E-state index in [2.05, 4.69) is 31.2 Å². The molecule has 3 rings (SSSR count). The Kier molecular flexibility index (Phi) is 9.26. The highest BCUT2D eigenvalue weighted by Crippen LogP contribution is 2.31. The number of carbonyl (C=O) groups is 1. The number of anilines is 1. The van der Waals surface area contributed by atoms with Gasteiger partial charge in [0.05, 0.1) is 0 Å². The van der Waals surface area contributed by atoms with E-state index < -0.39 is 40.9 Å². The van der Waals surface area contributed by atoms with Crippen LogP contribution >= 0.6 is 21.0 Å². The number of hydrogen-bond acceptors (Lipinski definition) is 8. The molecular weight excluding hydrogens is 539 g/mol. The molecule has 0 saturated carbocycles. The first-order valence-corrected chi connectivity index (χ1v) is 12.2. The van der Waals surface area contributed by atoms with E-state index in [4.69, 9.17) is 21.6 Å². The third-order valence-electron chi connectivity index (χ3n) is 5.01. The zero-order valence-electron chi connectivity index (χ0n) is 19.7. The molecule has 2 unspecified atom stereocenters. The van der Waals surface area contributed by atoms with Gasteiger partial charge < -0.3 is 26.6 Å². The van der Waals surface area contributed by atoms with Crippen LogP contribution in [0.15, 0.2) is 58.1 Å². The molecule has 0 saturated heterocycles. The number of amidine groups is 1. The number of carboxylic acids is 1. The fraction of sp³-hybridized carbons (Fsp3) is 0.130. The van der Waals surface area contributed by atoms with Crippen molar-refractivity contribution >= 4 is 49.6 Å². The Hall–Kier alpha value is -4.16. The highest BCUT2D eigenvalue weighted by Gasteiger charge is 2.27. The van der Waals surface area contributed by atoms with Crippen molar-refractivity contribution in [2.24, 2.45) is 11.5 Å². The van der Waals surface area contributed by atoms with Crippen LogP contribution < -0.4 is 32.5 Å². The number of nitrogens with one attached hydrogen (secondary N) is 3. The molecule has 0 aliphatic rings. The van der Waals surface area contributed by atoms with Gasteiger partial charge in [-0.2, -0.15) is 4.68 Å². The minimum atomic E-state index is -1.40. The molecule has 38 heavy (non-hydrogen) atoms. The second-order valence-corrected chi connectivity index (χ2v) is 9.20. The van der Waals surface area contributed by atoms with Gasteiger partial charge in [-0.15, -0.1) is 14.3 Å². The quantitative estimate of drug-likeness (QED) is 0.0831. The molecule has 200 valence electrons. The lowest BCUT2D eigenvalue weighted by Gasteiger charge is -2.21. The van der Waals surface area contributed by atoms with Gasteiger partial charge in [-0.3, -0.25) is 10.4 Å². The van der Waals surface area contributed by atoms with Crippen molar-refractivity contribution in [2.75, 3.05) is 18.6 Å². The summed E-state index contributed by atoms with van der Waals surface area (Å²) in [7, 11) is 2.39. The number of alkyl halides is 1. The maximum absolute atomic E-state index is 15.6. The van der Waals surface area contributed by atoms with Crippen molar-refractivity contribution in [1.29, 1.82) is 5.41 Å². The van der Waals surface area contributed by atoms with Crippen LogP contribution in [0, 0.1) is 11.2 Å². The van der Waals surface area contributed by atoms with Crippen LogP contribution in [0.4, 0.5) is 14.5 Å². The van der Waals surface area contributed by atoms with E-state index in [-0.39, 0.29) is 29.6 Å². The van der Waals surface area contributed by atoms with Gasteiger partial charge in [0.2, 0.25) is 0 Å². The number of ether oxygens (including phenoxy) is 1. The third-order valence-corrected chi connectivity index (χ3v) is 6.13. The lowest BCUT2D eigenvalue weighted by atomic mass is 10.0. The van der Waals surface area contributed by atoms with Crippen molar-refractivity contribution in [3.8, 4) is 5.75 Å². The minimum Gasteiger partial charge on any atom is -0.488 e. The smallest absolute Gasteiger partial charge is 0.349 e. The van der Waals surface area contributed by atoms with E-state index in [0.29, 0.717) is 33.0 Å². The molecule has 0 amide bonds. The predicted octanol–water partition coefficient (Wildman–Crippen LogP) is 2.09. The average Bonchev–Trinajstić information content (AvgIpc) is 3.27. The molecule has 1 heterocycles. The molecule has 0 aliphatic carbocycles. The second kappa shape index (κ2) is 12.4. The Balaban J connectivity index is 2.18. The number of nitrogen functional groups attached to an aromatic ring is 1. The first kappa shape index (κ1) is 28.4. The van der Waals surface area contributed by atoms with Gasteiger partial charge >= 0.3 is 11.7 Å². The number of carboxylic acid groups (broad SMARTS) is 1. The fourth-order valence-electron chi connectivity index (χ4n) is 3.34. The first-order chi connectivity index (χ1) is 18.1. The summed E-state index contributed by atoms with van der Waals surface area (Å²) in [4.78, 5) is 26.4. The standard InChI is InChI=1S/C23H24F2N7O4PS/c1-2-38-18(22(33)34)20(28)32-23(35)30-21(31-32)17(29-12-5-3-11(4-6-12)19(26)27)14-9-13(37)10-15(16(14)25)36-8-7-24/h2-6,9-10,17,29H,1,7-8,28,37H2,(H3,26,27)(H,33,34)(H,30,31,35)/b20-18+. The van der Waals surface area contributed by atoms with Crippen molar-refractivity contribution in [3.63, 3.8) is 0 Å².